The van der Waals surface area contributed by atoms with Crippen LogP contribution in [0.2, 0.25) is 0 Å². The first kappa shape index (κ1) is 15.5. The van der Waals surface area contributed by atoms with Crippen LogP contribution >= 0.6 is 0 Å². The van der Waals surface area contributed by atoms with E-state index >= 15 is 0 Å². The molecule has 1 saturated heterocycles. The molecule has 21 heavy (non-hydrogen) atoms. The molecule has 0 bridgehead atoms. The van der Waals surface area contributed by atoms with Crippen LogP contribution in [0.4, 0.5) is 0 Å². The van der Waals surface area contributed by atoms with Crippen LogP contribution in [0.5, 0.6) is 0 Å². The molecule has 3 N–H and O–H groups in total. The Morgan fingerprint density at radius 2 is 2.29 bits per heavy atom. The molecule has 1 aromatic heterocycles. The van der Waals surface area contributed by atoms with E-state index in [0.29, 0.717) is 5.56 Å². The zero-order chi connectivity index (χ0) is 15.6. The van der Waals surface area contributed by atoms with E-state index in [-0.39, 0.29) is 17.4 Å². The molecule has 2 atom stereocenters. The molecule has 0 spiro atoms. The Kier molecular flexibility index (Phi) is 4.32. The lowest BCUT2D eigenvalue weighted by atomic mass is 9.77. The summed E-state index contributed by atoms with van der Waals surface area (Å²) < 4.78 is 1.51. The van der Waals surface area contributed by atoms with Crippen molar-refractivity contribution < 1.29 is 14.7 Å². The number of aliphatic carboxylic acids is 1. The van der Waals surface area contributed by atoms with Crippen LogP contribution < -0.4 is 10.6 Å². The maximum Gasteiger partial charge on any atom is 0.331 e. The Balaban J connectivity index is 2.13. The topological polar surface area (TPSA) is 96.2 Å². The van der Waals surface area contributed by atoms with Crippen molar-refractivity contribution in [2.75, 3.05) is 6.54 Å². The van der Waals surface area contributed by atoms with Crippen LogP contribution in [0.15, 0.2) is 12.4 Å². The number of piperidine rings is 1. The van der Waals surface area contributed by atoms with Crippen molar-refractivity contribution >= 4 is 11.9 Å². The van der Waals surface area contributed by atoms with Crippen molar-refractivity contribution in [1.82, 2.24) is 20.4 Å². The molecule has 0 radical (unpaired) electrons. The molecule has 1 aromatic rings. The van der Waals surface area contributed by atoms with Crippen molar-refractivity contribution in [3.8, 4) is 0 Å². The number of carboxylic acids is 1. The second kappa shape index (κ2) is 5.85. The van der Waals surface area contributed by atoms with E-state index in [1.165, 1.54) is 10.9 Å². The number of carbonyl (C=O) groups excluding carboxylic acids is 1. The molecule has 2 rings (SSSR count). The second-order valence-corrected chi connectivity index (χ2v) is 6.21. The number of hydrogen-bond acceptors (Lipinski definition) is 4. The molecular formula is C14H22N4O3. The fourth-order valence-electron chi connectivity index (χ4n) is 2.76. The Bertz CT molecular complexity index is 538. The molecule has 1 amide bonds. The van der Waals surface area contributed by atoms with E-state index in [9.17, 15) is 14.7 Å². The summed E-state index contributed by atoms with van der Waals surface area (Å²) in [6, 6.07) is -1.46. The molecule has 2 heterocycles. The van der Waals surface area contributed by atoms with Gasteiger partial charge in [0.25, 0.3) is 0 Å². The monoisotopic (exact) mass is 294 g/mol. The Morgan fingerprint density at radius 1 is 1.57 bits per heavy atom. The van der Waals surface area contributed by atoms with E-state index in [2.05, 4.69) is 15.7 Å². The fourth-order valence-corrected chi connectivity index (χ4v) is 2.76. The van der Waals surface area contributed by atoms with Crippen LogP contribution in [-0.4, -0.2) is 39.4 Å². The summed E-state index contributed by atoms with van der Waals surface area (Å²) >= 11 is 0. The van der Waals surface area contributed by atoms with Crippen molar-refractivity contribution in [3.05, 3.63) is 18.0 Å². The van der Waals surface area contributed by atoms with Crippen LogP contribution in [0.25, 0.3) is 0 Å². The van der Waals surface area contributed by atoms with Gasteiger partial charge in [-0.3, -0.25) is 9.48 Å². The molecule has 116 valence electrons. The number of aryl methyl sites for hydroxylation is 1. The van der Waals surface area contributed by atoms with Crippen LogP contribution in [0.3, 0.4) is 0 Å². The van der Waals surface area contributed by atoms with E-state index in [1.54, 1.807) is 13.2 Å². The number of aromatic nitrogens is 2. The van der Waals surface area contributed by atoms with Crippen molar-refractivity contribution in [3.63, 3.8) is 0 Å². The van der Waals surface area contributed by atoms with E-state index < -0.39 is 12.0 Å². The highest BCUT2D eigenvalue weighted by atomic mass is 16.4. The molecule has 1 aliphatic heterocycles. The van der Waals surface area contributed by atoms with Gasteiger partial charge in [-0.2, -0.15) is 5.10 Å². The third kappa shape index (κ3) is 3.41. The van der Waals surface area contributed by atoms with Crippen LogP contribution in [0.1, 0.15) is 38.3 Å². The third-order valence-electron chi connectivity index (χ3n) is 3.98. The van der Waals surface area contributed by atoms with Gasteiger partial charge in [-0.05, 0) is 24.8 Å². The number of rotatable bonds is 4. The summed E-state index contributed by atoms with van der Waals surface area (Å²) in [5, 5.41) is 19.1. The van der Waals surface area contributed by atoms with Gasteiger partial charge in [0.2, 0.25) is 5.91 Å². The van der Waals surface area contributed by atoms with Gasteiger partial charge in [0.1, 0.15) is 0 Å². The highest BCUT2D eigenvalue weighted by molar-refractivity contribution is 5.88. The number of nitrogens with zero attached hydrogens (tertiary/aromatic N) is 2. The van der Waals surface area contributed by atoms with Gasteiger partial charge in [0, 0.05) is 18.8 Å². The standard InChI is InChI=1S/C14H22N4O3/c1-14(2)5-4-6-15-11(14)12(19)17-10(13(20)21)9-7-16-18(3)8-9/h7-8,10-11,15H,4-6H2,1-3H3,(H,17,19)(H,20,21). The molecule has 7 nitrogen and oxygen atoms in total. The summed E-state index contributed by atoms with van der Waals surface area (Å²) in [6.07, 6.45) is 5.00. The summed E-state index contributed by atoms with van der Waals surface area (Å²) in [5.74, 6) is -1.37. The first-order valence-electron chi connectivity index (χ1n) is 7.06. The van der Waals surface area contributed by atoms with Gasteiger partial charge in [0.15, 0.2) is 6.04 Å². The van der Waals surface area contributed by atoms with Gasteiger partial charge >= 0.3 is 5.97 Å². The van der Waals surface area contributed by atoms with Gasteiger partial charge in [-0.15, -0.1) is 0 Å². The van der Waals surface area contributed by atoms with Gasteiger partial charge in [-0.25, -0.2) is 4.79 Å². The number of carboxylic acid groups (broad SMARTS) is 1. The second-order valence-electron chi connectivity index (χ2n) is 6.21. The first-order valence-corrected chi connectivity index (χ1v) is 7.06. The molecular weight excluding hydrogens is 272 g/mol. The highest BCUT2D eigenvalue weighted by Crippen LogP contribution is 2.30. The lowest BCUT2D eigenvalue weighted by Crippen LogP contribution is -2.56. The van der Waals surface area contributed by atoms with E-state index in [1.807, 2.05) is 13.8 Å². The maximum absolute atomic E-state index is 12.4. The number of nitrogens with one attached hydrogen (secondary N) is 2. The van der Waals surface area contributed by atoms with Crippen LogP contribution in [0, 0.1) is 5.41 Å². The van der Waals surface area contributed by atoms with Gasteiger partial charge in [-0.1, -0.05) is 13.8 Å². The largest absolute Gasteiger partial charge is 0.479 e. The third-order valence-corrected chi connectivity index (χ3v) is 3.98. The lowest BCUT2D eigenvalue weighted by molar-refractivity contribution is -0.143. The van der Waals surface area contributed by atoms with Crippen LogP contribution in [-0.2, 0) is 16.6 Å². The predicted octanol–water partition coefficient (Wildman–Crippen LogP) is 0.440. The van der Waals surface area contributed by atoms with Gasteiger partial charge < -0.3 is 15.7 Å². The summed E-state index contributed by atoms with van der Waals surface area (Å²) in [5.41, 5.74) is 0.271. The Labute approximate surface area is 123 Å². The predicted molar refractivity (Wildman–Crippen MR) is 76.5 cm³/mol. The Morgan fingerprint density at radius 3 is 2.81 bits per heavy atom. The lowest BCUT2D eigenvalue weighted by Gasteiger charge is -2.38. The highest BCUT2D eigenvalue weighted by Gasteiger charge is 2.38. The first-order chi connectivity index (χ1) is 9.81. The van der Waals surface area contributed by atoms with E-state index in [4.69, 9.17) is 0 Å². The number of amides is 1. The smallest absolute Gasteiger partial charge is 0.331 e. The van der Waals surface area contributed by atoms with E-state index in [0.717, 1.165) is 19.4 Å². The van der Waals surface area contributed by atoms with Crippen molar-refractivity contribution in [2.24, 2.45) is 12.5 Å². The zero-order valence-electron chi connectivity index (χ0n) is 12.6. The summed E-state index contributed by atoms with van der Waals surface area (Å²) in [7, 11) is 1.70. The minimum Gasteiger partial charge on any atom is -0.479 e. The van der Waals surface area contributed by atoms with Gasteiger partial charge in [0.05, 0.1) is 12.2 Å². The average molecular weight is 294 g/mol. The van der Waals surface area contributed by atoms with Crippen molar-refractivity contribution in [2.45, 2.75) is 38.8 Å². The minimum atomic E-state index is -1.09. The molecule has 2 unspecified atom stereocenters. The maximum atomic E-state index is 12.4. The summed E-state index contributed by atoms with van der Waals surface area (Å²) in [4.78, 5) is 23.9. The molecule has 0 aliphatic carbocycles. The molecule has 7 heteroatoms. The van der Waals surface area contributed by atoms with Crippen molar-refractivity contribution in [1.29, 1.82) is 0 Å². The molecule has 1 aliphatic rings. The summed E-state index contributed by atoms with van der Waals surface area (Å²) in [6.45, 7) is 4.80. The molecule has 0 saturated carbocycles. The fraction of sp³-hybridized carbons (Fsp3) is 0.643. The number of carbonyl (C=O) groups is 2. The Hall–Kier alpha value is -1.89. The normalized spacial score (nSPS) is 22.5. The number of hydrogen-bond donors (Lipinski definition) is 3. The zero-order valence-corrected chi connectivity index (χ0v) is 12.6. The average Bonchev–Trinajstić information content (AvgIpc) is 2.81. The SMILES string of the molecule is Cn1cc(C(NC(=O)C2NCCCC2(C)C)C(=O)O)cn1. The molecule has 0 aromatic carbocycles. The quantitative estimate of drug-likeness (QED) is 0.749. The minimum absolute atomic E-state index is 0.194. The molecule has 1 fully saturated rings.